The maximum Gasteiger partial charge on any atom is 0.300 e. The highest BCUT2D eigenvalue weighted by atomic mass is 32.1. The zero-order valence-electron chi connectivity index (χ0n) is 8.60. The average Bonchev–Trinajstić information content (AvgIpc) is 2.81. The van der Waals surface area contributed by atoms with Gasteiger partial charge in [0.2, 0.25) is 5.13 Å². The Balaban J connectivity index is 2.34. The number of carbonyl (C=O) groups is 1. The third kappa shape index (κ3) is 2.35. The predicted molar refractivity (Wildman–Crippen MR) is 61.0 cm³/mol. The Kier molecular flexibility index (Phi) is 3.05. The van der Waals surface area contributed by atoms with Crippen LogP contribution >= 0.6 is 11.5 Å². The molecular formula is C7H5N7O3S. The molecule has 0 aliphatic carbocycles. The maximum atomic E-state index is 11.8. The van der Waals surface area contributed by atoms with E-state index in [0.29, 0.717) is 0 Å². The lowest BCUT2D eigenvalue weighted by Gasteiger charge is -2.02. The Labute approximate surface area is 103 Å². The molecule has 0 aliphatic heterocycles. The van der Waals surface area contributed by atoms with Gasteiger partial charge in [-0.05, 0) is 11.3 Å². The summed E-state index contributed by atoms with van der Waals surface area (Å²) in [4.78, 5) is 25.4. The van der Waals surface area contributed by atoms with E-state index in [1.54, 1.807) is 0 Å². The first kappa shape index (κ1) is 11.8. The number of hydrogen-bond donors (Lipinski definition) is 2. The molecule has 0 bridgehead atoms. The van der Waals surface area contributed by atoms with Gasteiger partial charge in [-0.1, -0.05) is 9.59 Å². The van der Waals surface area contributed by atoms with E-state index in [2.05, 4.69) is 25.1 Å². The van der Waals surface area contributed by atoms with Gasteiger partial charge in [-0.25, -0.2) is 4.98 Å². The molecule has 2 aromatic heterocycles. The van der Waals surface area contributed by atoms with Gasteiger partial charge in [-0.15, -0.1) is 0 Å². The van der Waals surface area contributed by atoms with Crippen LogP contribution in [0.1, 0.15) is 10.4 Å². The Hall–Kier alpha value is -2.69. The zero-order chi connectivity index (χ0) is 13.1. The van der Waals surface area contributed by atoms with Crippen molar-refractivity contribution >= 4 is 34.1 Å². The second-order valence-corrected chi connectivity index (χ2v) is 3.74. The Bertz CT molecular complexity index is 599. The molecule has 0 spiro atoms. The number of pyridine rings is 1. The summed E-state index contributed by atoms with van der Waals surface area (Å²) < 4.78 is 3.44. The van der Waals surface area contributed by atoms with E-state index in [-0.39, 0.29) is 16.5 Å². The van der Waals surface area contributed by atoms with E-state index in [4.69, 9.17) is 5.73 Å². The third-order valence-electron chi connectivity index (χ3n) is 1.87. The lowest BCUT2D eigenvalue weighted by Crippen LogP contribution is -2.14. The smallest absolute Gasteiger partial charge is 0.300 e. The summed E-state index contributed by atoms with van der Waals surface area (Å²) in [5.74, 6) is -0.726. The number of nitrogens with two attached hydrogens (primary N) is 1. The summed E-state index contributed by atoms with van der Waals surface area (Å²) in [6.07, 6.45) is 0.919. The molecule has 0 saturated heterocycles. The highest BCUT2D eigenvalue weighted by Gasteiger charge is 2.22. The van der Waals surface area contributed by atoms with Gasteiger partial charge < -0.3 is 5.73 Å². The number of nitro groups is 1. The zero-order valence-corrected chi connectivity index (χ0v) is 9.42. The van der Waals surface area contributed by atoms with Crippen LogP contribution in [0.25, 0.3) is 0 Å². The molecule has 0 fully saturated rings. The van der Waals surface area contributed by atoms with Gasteiger partial charge in [0.15, 0.2) is 0 Å². The fraction of sp³-hybridized carbons (Fsp3) is 0. The first-order valence-electron chi connectivity index (χ1n) is 4.44. The second-order valence-electron chi connectivity index (χ2n) is 3.01. The van der Waals surface area contributed by atoms with Gasteiger partial charge >= 0.3 is 0 Å². The molecule has 0 saturated carbocycles. The Morgan fingerprint density at radius 3 is 2.94 bits per heavy atom. The van der Waals surface area contributed by atoms with Crippen molar-refractivity contribution in [2.45, 2.75) is 0 Å². The minimum Gasteiger partial charge on any atom is -0.384 e. The lowest BCUT2D eigenvalue weighted by molar-refractivity contribution is -0.385. The number of anilines is 2. The van der Waals surface area contributed by atoms with Crippen LogP contribution in [0, 0.1) is 10.1 Å². The standard InChI is InChI=1S/C7H5N7O3S/c8-5-1-3(4(2-9-5)14(16)17)6(15)10-7-11-12-13-18-7/h1-2H,(H2,8,9)(H,10,11,13,15). The lowest BCUT2D eigenvalue weighted by atomic mass is 10.2. The number of aromatic nitrogens is 4. The summed E-state index contributed by atoms with van der Waals surface area (Å²) in [6.45, 7) is 0. The van der Waals surface area contributed by atoms with Crippen molar-refractivity contribution in [3.63, 3.8) is 0 Å². The van der Waals surface area contributed by atoms with Gasteiger partial charge in [0, 0.05) is 11.5 Å². The van der Waals surface area contributed by atoms with Gasteiger partial charge in [-0.2, -0.15) is 0 Å². The molecular weight excluding hydrogens is 262 g/mol. The molecule has 0 atom stereocenters. The van der Waals surface area contributed by atoms with Crippen molar-refractivity contribution in [1.82, 2.24) is 19.8 Å². The van der Waals surface area contributed by atoms with Gasteiger partial charge in [0.1, 0.15) is 17.6 Å². The summed E-state index contributed by atoms with van der Waals surface area (Å²) in [5.41, 5.74) is 4.74. The average molecular weight is 267 g/mol. The molecule has 0 aliphatic rings. The van der Waals surface area contributed by atoms with Gasteiger partial charge in [0.05, 0.1) is 4.92 Å². The summed E-state index contributed by atoms with van der Waals surface area (Å²) in [7, 11) is 0. The molecule has 2 rings (SSSR count). The molecule has 0 unspecified atom stereocenters. The predicted octanol–water partition coefficient (Wildman–Crippen LogP) is 0.0708. The van der Waals surface area contributed by atoms with Crippen molar-refractivity contribution in [3.05, 3.63) is 27.9 Å². The number of carbonyl (C=O) groups excluding carboxylic acids is 1. The molecule has 10 nitrogen and oxygen atoms in total. The quantitative estimate of drug-likeness (QED) is 0.585. The van der Waals surface area contributed by atoms with E-state index >= 15 is 0 Å². The van der Waals surface area contributed by atoms with Crippen molar-refractivity contribution in [2.75, 3.05) is 11.1 Å². The van der Waals surface area contributed by atoms with E-state index in [0.717, 1.165) is 23.8 Å². The summed E-state index contributed by atoms with van der Waals surface area (Å²) >= 11 is 0.843. The SMILES string of the molecule is Nc1cc(C(=O)Nc2nnns2)c([N+](=O)[O-])cn1. The number of nitrogen functional groups attached to an aromatic ring is 1. The molecule has 0 aromatic carbocycles. The Morgan fingerprint density at radius 2 is 2.33 bits per heavy atom. The maximum absolute atomic E-state index is 11.8. The summed E-state index contributed by atoms with van der Waals surface area (Å²) in [5, 5.41) is 20.0. The van der Waals surface area contributed by atoms with Gasteiger partial charge in [0.25, 0.3) is 11.6 Å². The van der Waals surface area contributed by atoms with Crippen LogP contribution < -0.4 is 11.1 Å². The van der Waals surface area contributed by atoms with Crippen molar-refractivity contribution < 1.29 is 9.72 Å². The second kappa shape index (κ2) is 4.67. The highest BCUT2D eigenvalue weighted by molar-refractivity contribution is 7.09. The monoisotopic (exact) mass is 267 g/mol. The minimum absolute atomic E-state index is 0.00105. The highest BCUT2D eigenvalue weighted by Crippen LogP contribution is 2.20. The fourth-order valence-electron chi connectivity index (χ4n) is 1.14. The van der Waals surface area contributed by atoms with E-state index in [1.165, 1.54) is 0 Å². The molecule has 92 valence electrons. The van der Waals surface area contributed by atoms with Crippen LogP contribution in [0.2, 0.25) is 0 Å². The van der Waals surface area contributed by atoms with E-state index in [9.17, 15) is 14.9 Å². The largest absolute Gasteiger partial charge is 0.384 e. The first-order valence-corrected chi connectivity index (χ1v) is 5.21. The molecule has 2 heterocycles. The number of rotatable bonds is 3. The van der Waals surface area contributed by atoms with Crippen molar-refractivity contribution in [2.24, 2.45) is 0 Å². The minimum atomic E-state index is -0.727. The molecule has 3 N–H and O–H groups in total. The molecule has 0 radical (unpaired) electrons. The number of amides is 1. The molecule has 1 amide bonds. The van der Waals surface area contributed by atoms with Crippen LogP contribution in [0.4, 0.5) is 16.6 Å². The van der Waals surface area contributed by atoms with Gasteiger partial charge in [-0.3, -0.25) is 20.2 Å². The molecule has 11 heteroatoms. The van der Waals surface area contributed by atoms with Crippen LogP contribution in [0.3, 0.4) is 0 Å². The number of nitrogens with one attached hydrogen (secondary N) is 1. The van der Waals surface area contributed by atoms with Crippen LogP contribution in [-0.4, -0.2) is 30.6 Å². The normalized spacial score (nSPS) is 10.0. The Morgan fingerprint density at radius 1 is 1.56 bits per heavy atom. The van der Waals surface area contributed by atoms with E-state index < -0.39 is 16.5 Å². The number of nitrogens with zero attached hydrogens (tertiary/aromatic N) is 5. The van der Waals surface area contributed by atoms with E-state index in [1.807, 2.05) is 0 Å². The third-order valence-corrected chi connectivity index (χ3v) is 2.38. The molecule has 2 aromatic rings. The van der Waals surface area contributed by atoms with Crippen LogP contribution in [-0.2, 0) is 0 Å². The summed E-state index contributed by atoms with van der Waals surface area (Å²) in [6, 6.07) is 1.11. The number of hydrogen-bond acceptors (Lipinski definition) is 9. The first-order chi connectivity index (χ1) is 8.58. The van der Waals surface area contributed by atoms with Crippen LogP contribution in [0.5, 0.6) is 0 Å². The topological polar surface area (TPSA) is 150 Å². The van der Waals surface area contributed by atoms with Crippen LogP contribution in [0.15, 0.2) is 12.3 Å². The molecule has 18 heavy (non-hydrogen) atoms. The van der Waals surface area contributed by atoms with Crippen molar-refractivity contribution in [1.29, 1.82) is 0 Å². The van der Waals surface area contributed by atoms with Crippen molar-refractivity contribution in [3.8, 4) is 0 Å². The fourth-order valence-corrected chi connectivity index (χ4v) is 1.50.